The number of hydrogen-bond acceptors (Lipinski definition) is 5. The van der Waals surface area contributed by atoms with Crippen LogP contribution >= 0.6 is 0 Å². The highest BCUT2D eigenvalue weighted by atomic mass is 16.5. The second-order valence-electron chi connectivity index (χ2n) is 6.68. The minimum Gasteiger partial charge on any atom is -0.378 e. The van der Waals surface area contributed by atoms with Crippen molar-refractivity contribution in [3.8, 4) is 0 Å². The van der Waals surface area contributed by atoms with Crippen LogP contribution in [0, 0.1) is 27.7 Å². The Morgan fingerprint density at radius 1 is 1.12 bits per heavy atom. The third-order valence-corrected chi connectivity index (χ3v) is 4.87. The second-order valence-corrected chi connectivity index (χ2v) is 6.68. The average molecular weight is 329 g/mol. The highest BCUT2D eigenvalue weighted by Gasteiger charge is 2.18. The van der Waals surface area contributed by atoms with Crippen LogP contribution in [0.5, 0.6) is 0 Å². The maximum absolute atomic E-state index is 5.44. The zero-order valence-electron chi connectivity index (χ0n) is 15.3. The van der Waals surface area contributed by atoms with Crippen LogP contribution in [0.4, 0.5) is 5.82 Å². The predicted octanol–water partition coefficient (Wildman–Crippen LogP) is 2.55. The summed E-state index contributed by atoms with van der Waals surface area (Å²) >= 11 is 0. The molecule has 24 heavy (non-hydrogen) atoms. The van der Waals surface area contributed by atoms with E-state index in [2.05, 4.69) is 58.4 Å². The third kappa shape index (κ3) is 3.43. The topological polar surface area (TPSA) is 56.1 Å². The molecule has 1 atom stereocenters. The van der Waals surface area contributed by atoms with E-state index in [-0.39, 0.29) is 5.92 Å². The summed E-state index contributed by atoms with van der Waals surface area (Å²) in [4.78, 5) is 11.6. The van der Waals surface area contributed by atoms with Gasteiger partial charge in [0.1, 0.15) is 11.6 Å². The van der Waals surface area contributed by atoms with Crippen molar-refractivity contribution in [2.75, 3.05) is 31.2 Å². The summed E-state index contributed by atoms with van der Waals surface area (Å²) in [5.74, 6) is 2.12. The fourth-order valence-corrected chi connectivity index (χ4v) is 3.10. The molecule has 0 amide bonds. The minimum absolute atomic E-state index is 0.281. The molecule has 0 aromatic carbocycles. The van der Waals surface area contributed by atoms with E-state index in [0.717, 1.165) is 55.9 Å². The summed E-state index contributed by atoms with van der Waals surface area (Å²) < 4.78 is 7.54. The lowest BCUT2D eigenvalue weighted by Gasteiger charge is -2.28. The molecule has 0 spiro atoms. The van der Waals surface area contributed by atoms with Gasteiger partial charge < -0.3 is 9.64 Å². The van der Waals surface area contributed by atoms with E-state index in [9.17, 15) is 0 Å². The third-order valence-electron chi connectivity index (χ3n) is 4.87. The summed E-state index contributed by atoms with van der Waals surface area (Å²) in [5, 5.41) is 4.66. The first-order valence-corrected chi connectivity index (χ1v) is 8.64. The number of ether oxygens (including phenoxy) is 1. The van der Waals surface area contributed by atoms with Crippen molar-refractivity contribution in [2.24, 2.45) is 0 Å². The van der Waals surface area contributed by atoms with Crippen molar-refractivity contribution < 1.29 is 4.74 Å². The summed E-state index contributed by atoms with van der Waals surface area (Å²) in [5.41, 5.74) is 4.69. The molecule has 2 aromatic heterocycles. The lowest BCUT2D eigenvalue weighted by atomic mass is 10.1. The van der Waals surface area contributed by atoms with Crippen molar-refractivity contribution in [1.82, 2.24) is 19.7 Å². The molecule has 0 bridgehead atoms. The number of morpholine rings is 1. The van der Waals surface area contributed by atoms with Crippen molar-refractivity contribution in [3.63, 3.8) is 0 Å². The zero-order chi connectivity index (χ0) is 17.3. The molecule has 1 fully saturated rings. The smallest absolute Gasteiger partial charge is 0.132 e. The monoisotopic (exact) mass is 329 g/mol. The van der Waals surface area contributed by atoms with Crippen LogP contribution in [-0.2, 0) is 11.3 Å². The Kier molecular flexibility index (Phi) is 4.85. The molecule has 2 aromatic rings. The van der Waals surface area contributed by atoms with Crippen LogP contribution < -0.4 is 4.90 Å². The van der Waals surface area contributed by atoms with Gasteiger partial charge in [-0.2, -0.15) is 5.10 Å². The lowest BCUT2D eigenvalue weighted by molar-refractivity contribution is 0.122. The maximum Gasteiger partial charge on any atom is 0.132 e. The van der Waals surface area contributed by atoms with Gasteiger partial charge in [-0.15, -0.1) is 0 Å². The highest BCUT2D eigenvalue weighted by Crippen LogP contribution is 2.22. The van der Waals surface area contributed by atoms with Gasteiger partial charge in [0.15, 0.2) is 0 Å². The van der Waals surface area contributed by atoms with Crippen molar-refractivity contribution >= 4 is 5.82 Å². The van der Waals surface area contributed by atoms with Crippen LogP contribution in [0.15, 0.2) is 6.07 Å². The van der Waals surface area contributed by atoms with Crippen molar-refractivity contribution in [2.45, 2.75) is 47.1 Å². The van der Waals surface area contributed by atoms with Crippen LogP contribution in [0.3, 0.4) is 0 Å². The van der Waals surface area contributed by atoms with E-state index in [4.69, 9.17) is 4.74 Å². The van der Waals surface area contributed by atoms with E-state index < -0.39 is 0 Å². The molecule has 0 saturated carbocycles. The Bertz CT molecular complexity index is 718. The molecule has 3 rings (SSSR count). The van der Waals surface area contributed by atoms with E-state index in [1.807, 2.05) is 6.92 Å². The van der Waals surface area contributed by atoms with Gasteiger partial charge in [0.25, 0.3) is 0 Å². The summed E-state index contributed by atoms with van der Waals surface area (Å²) in [6.45, 7) is 14.6. The SMILES string of the molecule is Cc1nc(C(C)Cn2nc(C)c(C)c2C)cc(N2CCOCC2)n1. The molecule has 6 heteroatoms. The summed E-state index contributed by atoms with van der Waals surface area (Å²) in [7, 11) is 0. The number of anilines is 1. The van der Waals surface area contributed by atoms with Gasteiger partial charge in [0, 0.05) is 37.3 Å². The molecular weight excluding hydrogens is 302 g/mol. The number of aryl methyl sites for hydroxylation is 2. The normalized spacial score (nSPS) is 16.5. The fraction of sp³-hybridized carbons (Fsp3) is 0.611. The zero-order valence-corrected chi connectivity index (χ0v) is 15.3. The Hall–Kier alpha value is -1.95. The Balaban J connectivity index is 1.82. The molecule has 0 aliphatic carbocycles. The predicted molar refractivity (Wildman–Crippen MR) is 94.7 cm³/mol. The van der Waals surface area contributed by atoms with E-state index in [1.54, 1.807) is 0 Å². The number of hydrogen-bond donors (Lipinski definition) is 0. The second kappa shape index (κ2) is 6.89. The lowest BCUT2D eigenvalue weighted by Crippen LogP contribution is -2.37. The minimum atomic E-state index is 0.281. The number of aromatic nitrogens is 4. The molecule has 130 valence electrons. The van der Waals surface area contributed by atoms with Crippen LogP contribution in [0.25, 0.3) is 0 Å². The molecule has 6 nitrogen and oxygen atoms in total. The molecule has 1 aliphatic rings. The van der Waals surface area contributed by atoms with Crippen molar-refractivity contribution in [1.29, 1.82) is 0 Å². The fourth-order valence-electron chi connectivity index (χ4n) is 3.10. The molecule has 0 N–H and O–H groups in total. The van der Waals surface area contributed by atoms with E-state index in [1.165, 1.54) is 11.3 Å². The first-order chi connectivity index (χ1) is 11.5. The number of nitrogens with zero attached hydrogens (tertiary/aromatic N) is 5. The standard InChI is InChI=1S/C18H27N5O/c1-12(11-23-15(4)13(2)14(3)21-23)17-10-18(20-16(5)19-17)22-6-8-24-9-7-22/h10,12H,6-9,11H2,1-5H3. The Labute approximate surface area is 143 Å². The molecular formula is C18H27N5O. The Morgan fingerprint density at radius 3 is 2.46 bits per heavy atom. The maximum atomic E-state index is 5.44. The van der Waals surface area contributed by atoms with Crippen LogP contribution in [0.1, 0.15) is 41.3 Å². The number of rotatable bonds is 4. The molecule has 3 heterocycles. The van der Waals surface area contributed by atoms with Gasteiger partial charge in [-0.1, -0.05) is 6.92 Å². The average Bonchev–Trinajstić information content (AvgIpc) is 2.82. The summed E-state index contributed by atoms with van der Waals surface area (Å²) in [6, 6.07) is 2.13. The first kappa shape index (κ1) is 16.9. The van der Waals surface area contributed by atoms with Gasteiger partial charge in [-0.25, -0.2) is 9.97 Å². The van der Waals surface area contributed by atoms with Gasteiger partial charge in [-0.3, -0.25) is 4.68 Å². The van der Waals surface area contributed by atoms with E-state index in [0.29, 0.717) is 0 Å². The highest BCUT2D eigenvalue weighted by molar-refractivity contribution is 5.41. The quantitative estimate of drug-likeness (QED) is 0.863. The molecule has 1 unspecified atom stereocenters. The van der Waals surface area contributed by atoms with Crippen LogP contribution in [0.2, 0.25) is 0 Å². The Morgan fingerprint density at radius 2 is 1.83 bits per heavy atom. The van der Waals surface area contributed by atoms with E-state index >= 15 is 0 Å². The van der Waals surface area contributed by atoms with Crippen LogP contribution in [-0.4, -0.2) is 46.1 Å². The van der Waals surface area contributed by atoms with Gasteiger partial charge in [0.05, 0.1) is 24.6 Å². The molecule has 1 saturated heterocycles. The van der Waals surface area contributed by atoms with Gasteiger partial charge in [0.2, 0.25) is 0 Å². The molecule has 1 aliphatic heterocycles. The van der Waals surface area contributed by atoms with Crippen molar-refractivity contribution in [3.05, 3.63) is 34.5 Å². The largest absolute Gasteiger partial charge is 0.378 e. The summed E-state index contributed by atoms with van der Waals surface area (Å²) in [6.07, 6.45) is 0. The molecule has 0 radical (unpaired) electrons. The van der Waals surface area contributed by atoms with Gasteiger partial charge >= 0.3 is 0 Å². The first-order valence-electron chi connectivity index (χ1n) is 8.64. The van der Waals surface area contributed by atoms with Gasteiger partial charge in [-0.05, 0) is 33.3 Å².